The maximum atomic E-state index is 13.0. The molecule has 0 radical (unpaired) electrons. The smallest absolute Gasteiger partial charge is 0.329 e. The van der Waals surface area contributed by atoms with Crippen molar-refractivity contribution >= 4 is 51.2 Å². The number of carbonyl (C=O) groups is 3. The van der Waals surface area contributed by atoms with Crippen LogP contribution in [0.25, 0.3) is 0 Å². The van der Waals surface area contributed by atoms with Crippen molar-refractivity contribution < 1.29 is 28.2 Å². The van der Waals surface area contributed by atoms with E-state index in [4.69, 9.17) is 9.47 Å². The number of nitrogens with zero attached hydrogens (tertiary/aromatic N) is 1. The summed E-state index contributed by atoms with van der Waals surface area (Å²) >= 11 is 3.41. The van der Waals surface area contributed by atoms with Gasteiger partial charge in [-0.3, -0.25) is 14.4 Å². The highest BCUT2D eigenvalue weighted by molar-refractivity contribution is 9.10. The van der Waals surface area contributed by atoms with E-state index < -0.39 is 17.6 Å². The van der Waals surface area contributed by atoms with Crippen LogP contribution in [0.4, 0.5) is 15.8 Å². The van der Waals surface area contributed by atoms with Gasteiger partial charge in [-0.05, 0) is 102 Å². The summed E-state index contributed by atoms with van der Waals surface area (Å²) in [5.74, 6) is -2.11. The lowest BCUT2D eigenvalue weighted by Gasteiger charge is -2.15. The molecule has 0 aliphatic carbocycles. The van der Waals surface area contributed by atoms with Crippen molar-refractivity contribution in [2.24, 2.45) is 5.10 Å². The average Bonchev–Trinajstić information content (AvgIpc) is 2.87. The van der Waals surface area contributed by atoms with Gasteiger partial charge >= 0.3 is 11.8 Å². The third-order valence-electron chi connectivity index (χ3n) is 5.16. The highest BCUT2D eigenvalue weighted by Gasteiger charge is 2.15. The summed E-state index contributed by atoms with van der Waals surface area (Å²) in [6.07, 6.45) is 1.31. The minimum Gasteiger partial charge on any atom is -0.490 e. The first-order valence-electron chi connectivity index (χ1n) is 11.5. The summed E-state index contributed by atoms with van der Waals surface area (Å²) in [4.78, 5) is 36.4. The van der Waals surface area contributed by atoms with E-state index >= 15 is 0 Å². The van der Waals surface area contributed by atoms with Crippen molar-refractivity contribution in [2.45, 2.75) is 20.8 Å². The number of amides is 3. The van der Waals surface area contributed by atoms with Gasteiger partial charge < -0.3 is 20.1 Å². The first-order valence-corrected chi connectivity index (χ1v) is 12.3. The number of anilines is 2. The third-order valence-corrected chi connectivity index (χ3v) is 5.75. The van der Waals surface area contributed by atoms with Crippen LogP contribution in [0.3, 0.4) is 0 Å². The minimum atomic E-state index is -1.01. The Labute approximate surface area is 227 Å². The van der Waals surface area contributed by atoms with Gasteiger partial charge in [0.1, 0.15) is 5.82 Å². The third kappa shape index (κ3) is 8.13. The molecule has 0 fully saturated rings. The van der Waals surface area contributed by atoms with Gasteiger partial charge in [-0.1, -0.05) is 6.07 Å². The largest absolute Gasteiger partial charge is 0.490 e. The lowest BCUT2D eigenvalue weighted by molar-refractivity contribution is -0.136. The fourth-order valence-corrected chi connectivity index (χ4v) is 3.73. The fraction of sp³-hybridized carbons (Fsp3) is 0.185. The number of benzene rings is 3. The zero-order chi connectivity index (χ0) is 27.7. The van der Waals surface area contributed by atoms with Gasteiger partial charge in [-0.25, -0.2) is 9.82 Å². The second kappa shape index (κ2) is 13.3. The number of nitrogens with one attached hydrogen (secondary N) is 3. The van der Waals surface area contributed by atoms with E-state index in [1.807, 2.05) is 32.0 Å². The topological polar surface area (TPSA) is 118 Å². The van der Waals surface area contributed by atoms with Crippen LogP contribution in [-0.2, 0) is 14.4 Å². The average molecular weight is 585 g/mol. The molecular formula is C27H26BrFN4O5. The van der Waals surface area contributed by atoms with Crippen LogP contribution in [0.2, 0.25) is 0 Å². The predicted molar refractivity (Wildman–Crippen MR) is 146 cm³/mol. The van der Waals surface area contributed by atoms with E-state index in [1.54, 1.807) is 19.1 Å². The molecule has 3 rings (SSSR count). The van der Waals surface area contributed by atoms with E-state index in [1.165, 1.54) is 18.3 Å². The fourth-order valence-electron chi connectivity index (χ4n) is 3.16. The molecule has 0 spiro atoms. The Morgan fingerprint density at radius 1 is 0.921 bits per heavy atom. The predicted octanol–water partition coefficient (Wildman–Crippen LogP) is 4.71. The Kier molecular flexibility index (Phi) is 9.94. The quantitative estimate of drug-likeness (QED) is 0.191. The van der Waals surface area contributed by atoms with Gasteiger partial charge in [-0.2, -0.15) is 5.10 Å². The zero-order valence-electron chi connectivity index (χ0n) is 20.9. The van der Waals surface area contributed by atoms with Crippen molar-refractivity contribution in [1.82, 2.24) is 5.43 Å². The standard InChI is InChI=1S/C27H26BrFN4O5/c1-4-37-23-13-18(14-30-33-27(36)26(35)32-20-9-6-19(29)7-10-20)12-22(28)25(23)38-15-24(34)31-21-8-5-16(2)17(3)11-21/h5-14H,4,15H2,1-3H3,(H,31,34)(H,32,35)(H,33,36)/b30-14-. The molecule has 198 valence electrons. The van der Waals surface area contributed by atoms with Crippen LogP contribution in [0, 0.1) is 19.7 Å². The van der Waals surface area contributed by atoms with E-state index in [-0.39, 0.29) is 18.2 Å². The molecule has 3 aromatic rings. The monoisotopic (exact) mass is 584 g/mol. The molecule has 0 heterocycles. The van der Waals surface area contributed by atoms with Gasteiger partial charge in [0.05, 0.1) is 17.3 Å². The SMILES string of the molecule is CCOc1cc(/C=N\NC(=O)C(=O)Nc2ccc(F)cc2)cc(Br)c1OCC(=O)Nc1ccc(C)c(C)c1. The van der Waals surface area contributed by atoms with Crippen LogP contribution in [-0.4, -0.2) is 37.1 Å². The molecule has 11 heteroatoms. The second-order valence-electron chi connectivity index (χ2n) is 8.06. The maximum Gasteiger partial charge on any atom is 0.329 e. The molecule has 9 nitrogen and oxygen atoms in total. The molecule has 3 amide bonds. The normalized spacial score (nSPS) is 10.7. The van der Waals surface area contributed by atoms with Crippen LogP contribution in [0.15, 0.2) is 64.2 Å². The molecule has 0 saturated heterocycles. The number of ether oxygens (including phenoxy) is 2. The first kappa shape index (κ1) is 28.3. The Bertz CT molecular complexity index is 1360. The van der Waals surface area contributed by atoms with Crippen molar-refractivity contribution in [3.05, 3.63) is 81.6 Å². The number of halogens is 2. The number of carbonyl (C=O) groups excluding carboxylic acids is 3. The first-order chi connectivity index (χ1) is 18.2. The van der Waals surface area contributed by atoms with Crippen molar-refractivity contribution in [3.8, 4) is 11.5 Å². The van der Waals surface area contributed by atoms with E-state index in [0.717, 1.165) is 23.3 Å². The number of hydrazone groups is 1. The number of hydrogen-bond donors (Lipinski definition) is 3. The molecular weight excluding hydrogens is 559 g/mol. The lowest BCUT2D eigenvalue weighted by atomic mass is 10.1. The Hall–Kier alpha value is -4.25. The molecule has 0 aromatic heterocycles. The molecule has 0 aliphatic heterocycles. The number of aryl methyl sites for hydroxylation is 2. The minimum absolute atomic E-state index is 0.252. The second-order valence-corrected chi connectivity index (χ2v) is 8.91. The van der Waals surface area contributed by atoms with Crippen molar-refractivity contribution in [1.29, 1.82) is 0 Å². The van der Waals surface area contributed by atoms with Crippen LogP contribution < -0.4 is 25.5 Å². The Morgan fingerprint density at radius 3 is 2.32 bits per heavy atom. The van der Waals surface area contributed by atoms with Gasteiger partial charge in [0.2, 0.25) is 0 Å². The summed E-state index contributed by atoms with van der Waals surface area (Å²) in [5.41, 5.74) is 5.77. The molecule has 3 N–H and O–H groups in total. The molecule has 38 heavy (non-hydrogen) atoms. The summed E-state index contributed by atoms with van der Waals surface area (Å²) in [6.45, 7) is 5.83. The summed E-state index contributed by atoms with van der Waals surface area (Å²) in [5, 5.41) is 8.93. The number of rotatable bonds is 9. The highest BCUT2D eigenvalue weighted by atomic mass is 79.9. The van der Waals surface area contributed by atoms with Gasteiger partial charge in [0.15, 0.2) is 18.1 Å². The van der Waals surface area contributed by atoms with Gasteiger partial charge in [-0.15, -0.1) is 0 Å². The van der Waals surface area contributed by atoms with Crippen LogP contribution in [0.1, 0.15) is 23.6 Å². The van der Waals surface area contributed by atoms with E-state index in [9.17, 15) is 18.8 Å². The van der Waals surface area contributed by atoms with Gasteiger partial charge in [0.25, 0.3) is 5.91 Å². The molecule has 3 aromatic carbocycles. The molecule has 0 bridgehead atoms. The van der Waals surface area contributed by atoms with Crippen LogP contribution in [0.5, 0.6) is 11.5 Å². The highest BCUT2D eigenvalue weighted by Crippen LogP contribution is 2.36. The van der Waals surface area contributed by atoms with E-state index in [2.05, 4.69) is 37.1 Å². The maximum absolute atomic E-state index is 13.0. The molecule has 0 saturated carbocycles. The molecule has 0 aliphatic rings. The Balaban J connectivity index is 1.61. The van der Waals surface area contributed by atoms with Gasteiger partial charge in [0, 0.05) is 11.4 Å². The molecule has 0 unspecified atom stereocenters. The van der Waals surface area contributed by atoms with Crippen molar-refractivity contribution in [3.63, 3.8) is 0 Å². The molecule has 0 atom stereocenters. The summed E-state index contributed by atoms with van der Waals surface area (Å²) < 4.78 is 24.8. The van der Waals surface area contributed by atoms with Crippen LogP contribution >= 0.6 is 15.9 Å². The Morgan fingerprint density at radius 2 is 1.63 bits per heavy atom. The number of hydrogen-bond acceptors (Lipinski definition) is 6. The zero-order valence-corrected chi connectivity index (χ0v) is 22.5. The summed E-state index contributed by atoms with van der Waals surface area (Å²) in [7, 11) is 0. The van der Waals surface area contributed by atoms with E-state index in [0.29, 0.717) is 33.8 Å². The van der Waals surface area contributed by atoms with Crippen molar-refractivity contribution in [2.75, 3.05) is 23.8 Å². The lowest BCUT2D eigenvalue weighted by Crippen LogP contribution is -2.32. The summed E-state index contributed by atoms with van der Waals surface area (Å²) in [6, 6.07) is 13.9.